The third-order valence-electron chi connectivity index (χ3n) is 3.20. The van der Waals surface area contributed by atoms with Crippen LogP contribution in [0.1, 0.15) is 24.6 Å². The van der Waals surface area contributed by atoms with Crippen molar-refractivity contribution < 1.29 is 14.3 Å². The summed E-state index contributed by atoms with van der Waals surface area (Å²) in [6.45, 7) is 1.43. The molecule has 0 spiro atoms. The number of hydrogen-bond acceptors (Lipinski definition) is 4. The maximum Gasteiger partial charge on any atom is 0.224 e. The second-order valence-corrected chi connectivity index (χ2v) is 6.11. The first-order valence-electron chi connectivity index (χ1n) is 7.36. The fourth-order valence-electron chi connectivity index (χ4n) is 2.17. The minimum atomic E-state index is -0.192. The van der Waals surface area contributed by atoms with E-state index in [1.807, 2.05) is 11.4 Å². The summed E-state index contributed by atoms with van der Waals surface area (Å²) < 4.78 is 5.19. The minimum absolute atomic E-state index is 0.0412. The van der Waals surface area contributed by atoms with Crippen molar-refractivity contribution in [2.75, 3.05) is 17.7 Å². The summed E-state index contributed by atoms with van der Waals surface area (Å²) in [5.74, 6) is 0.319. The largest absolute Gasteiger partial charge is 0.495 e. The number of hydrogen-bond donors (Lipinski definition) is 2. The van der Waals surface area contributed by atoms with E-state index >= 15 is 0 Å². The molecule has 0 aliphatic rings. The van der Waals surface area contributed by atoms with Gasteiger partial charge in [-0.3, -0.25) is 9.59 Å². The summed E-state index contributed by atoms with van der Waals surface area (Å²) in [6, 6.07) is 9.25. The van der Waals surface area contributed by atoms with Crippen LogP contribution in [0.5, 0.6) is 5.75 Å². The number of methoxy groups -OCH3 is 1. The highest BCUT2D eigenvalue weighted by Crippen LogP contribution is 2.28. The monoisotopic (exact) mass is 332 g/mol. The predicted octanol–water partition coefficient (Wildman–Crippen LogP) is 3.68. The van der Waals surface area contributed by atoms with E-state index < -0.39 is 0 Å². The Bertz CT molecular complexity index is 668. The van der Waals surface area contributed by atoms with Crippen molar-refractivity contribution in [2.45, 2.75) is 26.2 Å². The summed E-state index contributed by atoms with van der Waals surface area (Å²) in [4.78, 5) is 24.5. The van der Waals surface area contributed by atoms with Gasteiger partial charge >= 0.3 is 0 Å². The zero-order chi connectivity index (χ0) is 16.7. The molecule has 0 radical (unpaired) electrons. The number of carbonyl (C=O) groups excluding carboxylic acids is 2. The maximum absolute atomic E-state index is 12.0. The molecule has 0 saturated carbocycles. The van der Waals surface area contributed by atoms with Crippen molar-refractivity contribution in [3.63, 3.8) is 0 Å². The van der Waals surface area contributed by atoms with Crippen LogP contribution in [-0.2, 0) is 16.0 Å². The van der Waals surface area contributed by atoms with Gasteiger partial charge in [0.05, 0.1) is 12.8 Å². The van der Waals surface area contributed by atoms with Crippen molar-refractivity contribution >= 4 is 34.5 Å². The molecule has 0 bridgehead atoms. The van der Waals surface area contributed by atoms with Crippen molar-refractivity contribution in [2.24, 2.45) is 0 Å². The lowest BCUT2D eigenvalue weighted by Gasteiger charge is -2.12. The Kier molecular flexibility index (Phi) is 6.17. The molecule has 2 N–H and O–H groups in total. The van der Waals surface area contributed by atoms with E-state index in [4.69, 9.17) is 4.74 Å². The zero-order valence-corrected chi connectivity index (χ0v) is 14.0. The number of benzene rings is 1. The summed E-state index contributed by atoms with van der Waals surface area (Å²) >= 11 is 1.70. The molecule has 6 heteroatoms. The maximum atomic E-state index is 12.0. The molecule has 0 saturated heterocycles. The van der Waals surface area contributed by atoms with Gasteiger partial charge in [-0.2, -0.15) is 0 Å². The summed E-state index contributed by atoms with van der Waals surface area (Å²) in [5.41, 5.74) is 1.17. The summed E-state index contributed by atoms with van der Waals surface area (Å²) in [5, 5.41) is 7.57. The SMILES string of the molecule is COc1ccc(NC(=O)CCCc2cccs2)cc1NC(C)=O. The zero-order valence-electron chi connectivity index (χ0n) is 13.2. The number of anilines is 2. The van der Waals surface area contributed by atoms with Gasteiger partial charge in [0, 0.05) is 23.9 Å². The van der Waals surface area contributed by atoms with Gasteiger partial charge in [-0.25, -0.2) is 0 Å². The van der Waals surface area contributed by atoms with Gasteiger partial charge in [-0.1, -0.05) is 6.07 Å². The molecule has 2 amide bonds. The third kappa shape index (κ3) is 5.41. The lowest BCUT2D eigenvalue weighted by atomic mass is 10.2. The van der Waals surface area contributed by atoms with Crippen LogP contribution in [0.15, 0.2) is 35.7 Å². The summed E-state index contributed by atoms with van der Waals surface area (Å²) in [6.07, 6.45) is 2.17. The van der Waals surface area contributed by atoms with Crippen LogP contribution >= 0.6 is 11.3 Å². The normalized spacial score (nSPS) is 10.2. The van der Waals surface area contributed by atoms with Gasteiger partial charge in [-0.15, -0.1) is 11.3 Å². The smallest absolute Gasteiger partial charge is 0.224 e. The molecule has 0 unspecified atom stereocenters. The van der Waals surface area contributed by atoms with Crippen molar-refractivity contribution in [1.29, 1.82) is 0 Å². The van der Waals surface area contributed by atoms with E-state index in [-0.39, 0.29) is 11.8 Å². The van der Waals surface area contributed by atoms with Crippen LogP contribution in [0, 0.1) is 0 Å². The average molecular weight is 332 g/mol. The van der Waals surface area contributed by atoms with Gasteiger partial charge in [0.15, 0.2) is 0 Å². The number of amides is 2. The predicted molar refractivity (Wildman–Crippen MR) is 93.2 cm³/mol. The standard InChI is InChI=1S/C17H20N2O3S/c1-12(20)18-15-11-13(8-9-16(15)22-2)19-17(21)7-3-5-14-6-4-10-23-14/h4,6,8-11H,3,5,7H2,1-2H3,(H,18,20)(H,19,21). The van der Waals surface area contributed by atoms with Crippen LogP contribution in [0.3, 0.4) is 0 Å². The summed E-state index contributed by atoms with van der Waals surface area (Å²) in [7, 11) is 1.53. The quantitative estimate of drug-likeness (QED) is 0.813. The number of aryl methyl sites for hydroxylation is 1. The Hall–Kier alpha value is -2.34. The average Bonchev–Trinajstić information content (AvgIpc) is 3.00. The fraction of sp³-hybridized carbons (Fsp3) is 0.294. The van der Waals surface area contributed by atoms with E-state index in [1.54, 1.807) is 29.5 Å². The van der Waals surface area contributed by atoms with Gasteiger partial charge in [-0.05, 0) is 42.5 Å². The van der Waals surface area contributed by atoms with E-state index in [1.165, 1.54) is 18.9 Å². The molecule has 0 aliphatic carbocycles. The van der Waals surface area contributed by atoms with E-state index in [2.05, 4.69) is 16.7 Å². The van der Waals surface area contributed by atoms with E-state index in [0.717, 1.165) is 12.8 Å². The van der Waals surface area contributed by atoms with Gasteiger partial charge in [0.2, 0.25) is 11.8 Å². The molecule has 1 heterocycles. The number of thiophene rings is 1. The second kappa shape index (κ2) is 8.33. The number of ether oxygens (including phenoxy) is 1. The molecule has 0 fully saturated rings. The first-order valence-corrected chi connectivity index (χ1v) is 8.24. The molecule has 0 atom stereocenters. The third-order valence-corrected chi connectivity index (χ3v) is 4.14. The molecule has 1 aromatic heterocycles. The lowest BCUT2D eigenvalue weighted by Crippen LogP contribution is -2.12. The lowest BCUT2D eigenvalue weighted by molar-refractivity contribution is -0.116. The highest BCUT2D eigenvalue weighted by molar-refractivity contribution is 7.09. The Morgan fingerprint density at radius 3 is 2.70 bits per heavy atom. The number of carbonyl (C=O) groups is 2. The molecule has 1 aromatic carbocycles. The highest BCUT2D eigenvalue weighted by atomic mass is 32.1. The van der Waals surface area contributed by atoms with E-state index in [0.29, 0.717) is 23.5 Å². The Morgan fingerprint density at radius 2 is 2.04 bits per heavy atom. The highest BCUT2D eigenvalue weighted by Gasteiger charge is 2.08. The molecule has 23 heavy (non-hydrogen) atoms. The van der Waals surface area contributed by atoms with Crippen molar-refractivity contribution in [1.82, 2.24) is 0 Å². The van der Waals surface area contributed by atoms with Gasteiger partial charge in [0.1, 0.15) is 5.75 Å². The van der Waals surface area contributed by atoms with Crippen LogP contribution in [0.2, 0.25) is 0 Å². The van der Waals surface area contributed by atoms with Crippen molar-refractivity contribution in [3.05, 3.63) is 40.6 Å². The van der Waals surface area contributed by atoms with Crippen LogP contribution in [-0.4, -0.2) is 18.9 Å². The van der Waals surface area contributed by atoms with E-state index in [9.17, 15) is 9.59 Å². The van der Waals surface area contributed by atoms with Crippen molar-refractivity contribution in [3.8, 4) is 5.75 Å². The van der Waals surface area contributed by atoms with Gasteiger partial charge in [0.25, 0.3) is 0 Å². The Morgan fingerprint density at radius 1 is 1.22 bits per heavy atom. The molecule has 2 rings (SSSR count). The number of rotatable bonds is 7. The van der Waals surface area contributed by atoms with Crippen LogP contribution < -0.4 is 15.4 Å². The Balaban J connectivity index is 1.90. The first kappa shape index (κ1) is 17.0. The molecule has 2 aromatic rings. The molecule has 0 aliphatic heterocycles. The molecule has 122 valence electrons. The topological polar surface area (TPSA) is 67.4 Å². The molecular formula is C17H20N2O3S. The Labute approximate surface area is 139 Å². The fourth-order valence-corrected chi connectivity index (χ4v) is 2.93. The number of nitrogens with one attached hydrogen (secondary N) is 2. The molecular weight excluding hydrogens is 312 g/mol. The second-order valence-electron chi connectivity index (χ2n) is 5.08. The first-order chi connectivity index (χ1) is 11.1. The van der Waals surface area contributed by atoms with Gasteiger partial charge < -0.3 is 15.4 Å². The minimum Gasteiger partial charge on any atom is -0.495 e. The van der Waals surface area contributed by atoms with Crippen LogP contribution in [0.25, 0.3) is 0 Å². The van der Waals surface area contributed by atoms with Crippen LogP contribution in [0.4, 0.5) is 11.4 Å². The molecule has 5 nitrogen and oxygen atoms in total.